The number of hydrogen-bond acceptors (Lipinski definition) is 10. The summed E-state index contributed by atoms with van der Waals surface area (Å²) in [5.74, 6) is -2.13. The molecule has 7 N–H and O–H groups in total. The highest BCUT2D eigenvalue weighted by Gasteiger charge is 2.57. The van der Waals surface area contributed by atoms with Crippen molar-refractivity contribution in [2.75, 3.05) is 19.8 Å². The Morgan fingerprint density at radius 3 is 2.18 bits per heavy atom. The van der Waals surface area contributed by atoms with Gasteiger partial charge < -0.3 is 50.0 Å². The number of rotatable bonds is 5. The second kappa shape index (κ2) is 7.01. The SMILES string of the molecule is OC[C@@H]1C[C@H](O)[C@@H](O)[C@@H](O[C@]2(CO)O[C@H](CO)[C@@H](O)[C@@H]2O)O1. The van der Waals surface area contributed by atoms with Gasteiger partial charge in [-0.1, -0.05) is 0 Å². The van der Waals surface area contributed by atoms with E-state index in [1.54, 1.807) is 0 Å². The Morgan fingerprint density at radius 2 is 1.68 bits per heavy atom. The molecule has 2 aliphatic rings. The summed E-state index contributed by atoms with van der Waals surface area (Å²) in [6.07, 6.45) is -9.51. The van der Waals surface area contributed by atoms with Crippen LogP contribution in [-0.2, 0) is 14.2 Å². The van der Waals surface area contributed by atoms with Crippen molar-refractivity contribution < 1.29 is 50.0 Å². The van der Waals surface area contributed by atoms with Crippen molar-refractivity contribution in [1.29, 1.82) is 0 Å². The third-order valence-electron chi connectivity index (χ3n) is 3.93. The van der Waals surface area contributed by atoms with Crippen LogP contribution in [0.3, 0.4) is 0 Å². The van der Waals surface area contributed by atoms with Gasteiger partial charge >= 0.3 is 0 Å². The zero-order valence-corrected chi connectivity index (χ0v) is 11.7. The Hall–Kier alpha value is -0.400. The summed E-state index contributed by atoms with van der Waals surface area (Å²) in [4.78, 5) is 0. The monoisotopic (exact) mass is 326 g/mol. The van der Waals surface area contributed by atoms with Gasteiger partial charge in [-0.25, -0.2) is 0 Å². The third kappa shape index (κ3) is 3.12. The van der Waals surface area contributed by atoms with Crippen LogP contribution in [0.4, 0.5) is 0 Å². The molecule has 0 aliphatic carbocycles. The highest BCUT2D eigenvalue weighted by Crippen LogP contribution is 2.35. The molecule has 0 aromatic rings. The van der Waals surface area contributed by atoms with Crippen molar-refractivity contribution in [1.82, 2.24) is 0 Å². The molecule has 0 bridgehead atoms. The van der Waals surface area contributed by atoms with E-state index in [0.29, 0.717) is 0 Å². The summed E-state index contributed by atoms with van der Waals surface area (Å²) in [6, 6.07) is 0. The van der Waals surface area contributed by atoms with Crippen LogP contribution in [-0.4, -0.2) is 104 Å². The lowest BCUT2D eigenvalue weighted by Gasteiger charge is -2.41. The van der Waals surface area contributed by atoms with E-state index in [1.165, 1.54) is 0 Å². The van der Waals surface area contributed by atoms with Crippen LogP contribution in [0.2, 0.25) is 0 Å². The van der Waals surface area contributed by atoms with Gasteiger partial charge in [0.1, 0.15) is 31.0 Å². The average Bonchev–Trinajstić information content (AvgIpc) is 2.76. The number of aliphatic hydroxyl groups excluding tert-OH is 7. The van der Waals surface area contributed by atoms with Crippen molar-refractivity contribution in [3.63, 3.8) is 0 Å². The molecule has 2 heterocycles. The molecule has 0 spiro atoms. The fourth-order valence-corrected chi connectivity index (χ4v) is 2.60. The van der Waals surface area contributed by atoms with Gasteiger partial charge in [-0.3, -0.25) is 0 Å². The Kier molecular flexibility index (Phi) is 5.72. The maximum absolute atomic E-state index is 10.00. The lowest BCUT2D eigenvalue weighted by molar-refractivity contribution is -0.373. The standard InChI is InChI=1S/C12H22O10/c13-2-5-1-6(16)8(17)11(20-5)22-12(4-15)10(19)9(18)7(3-14)21-12/h5-11,13-19H,1-4H2/t5-,6-,7+,8+,9+,10-,11+,12-/m0/s1. The molecule has 2 aliphatic heterocycles. The van der Waals surface area contributed by atoms with Gasteiger partial charge in [0.15, 0.2) is 6.29 Å². The minimum absolute atomic E-state index is 0.0189. The van der Waals surface area contributed by atoms with Crippen LogP contribution in [0.5, 0.6) is 0 Å². The fourth-order valence-electron chi connectivity index (χ4n) is 2.60. The maximum Gasteiger partial charge on any atom is 0.224 e. The van der Waals surface area contributed by atoms with Crippen molar-refractivity contribution in [3.8, 4) is 0 Å². The molecule has 2 fully saturated rings. The van der Waals surface area contributed by atoms with Gasteiger partial charge in [0.25, 0.3) is 0 Å². The molecular formula is C12H22O10. The number of aliphatic hydroxyl groups is 7. The third-order valence-corrected chi connectivity index (χ3v) is 3.93. The molecule has 130 valence electrons. The van der Waals surface area contributed by atoms with Gasteiger partial charge in [0.2, 0.25) is 5.79 Å². The van der Waals surface area contributed by atoms with E-state index in [-0.39, 0.29) is 6.42 Å². The smallest absolute Gasteiger partial charge is 0.224 e. The highest BCUT2D eigenvalue weighted by atomic mass is 16.8. The summed E-state index contributed by atoms with van der Waals surface area (Å²) < 4.78 is 15.7. The normalized spacial score (nSPS) is 49.5. The van der Waals surface area contributed by atoms with Crippen LogP contribution < -0.4 is 0 Å². The molecule has 0 amide bonds. The van der Waals surface area contributed by atoms with Gasteiger partial charge in [0.05, 0.1) is 25.4 Å². The lowest BCUT2D eigenvalue weighted by atomic mass is 10.0. The Balaban J connectivity index is 2.15. The average molecular weight is 326 g/mol. The zero-order chi connectivity index (χ0) is 16.5. The van der Waals surface area contributed by atoms with E-state index in [1.807, 2.05) is 0 Å². The van der Waals surface area contributed by atoms with Crippen LogP contribution in [0.25, 0.3) is 0 Å². The van der Waals surface area contributed by atoms with Crippen molar-refractivity contribution >= 4 is 0 Å². The molecule has 10 heteroatoms. The van der Waals surface area contributed by atoms with Crippen molar-refractivity contribution in [2.24, 2.45) is 0 Å². The molecule has 2 rings (SSSR count). The summed E-state index contributed by atoms with van der Waals surface area (Å²) in [6.45, 7) is -1.95. The molecule has 22 heavy (non-hydrogen) atoms. The van der Waals surface area contributed by atoms with E-state index in [4.69, 9.17) is 24.4 Å². The second-order valence-corrected chi connectivity index (χ2v) is 5.46. The summed E-state index contributed by atoms with van der Waals surface area (Å²) in [5.41, 5.74) is 0. The maximum atomic E-state index is 10.00. The van der Waals surface area contributed by atoms with E-state index < -0.39 is 68.5 Å². The highest BCUT2D eigenvalue weighted by molar-refractivity contribution is 4.97. The second-order valence-electron chi connectivity index (χ2n) is 5.46. The van der Waals surface area contributed by atoms with E-state index in [0.717, 1.165) is 0 Å². The molecule has 0 unspecified atom stereocenters. The predicted molar refractivity (Wildman–Crippen MR) is 67.3 cm³/mol. The van der Waals surface area contributed by atoms with Crippen LogP contribution in [0.15, 0.2) is 0 Å². The molecule has 10 nitrogen and oxygen atoms in total. The zero-order valence-electron chi connectivity index (χ0n) is 11.7. The van der Waals surface area contributed by atoms with Crippen molar-refractivity contribution in [2.45, 2.75) is 55.1 Å². The Bertz CT molecular complexity index is 368. The minimum Gasteiger partial charge on any atom is -0.394 e. The van der Waals surface area contributed by atoms with Gasteiger partial charge in [-0.2, -0.15) is 0 Å². The quantitative estimate of drug-likeness (QED) is 0.262. The van der Waals surface area contributed by atoms with E-state index in [9.17, 15) is 25.5 Å². The van der Waals surface area contributed by atoms with E-state index >= 15 is 0 Å². The Labute approximate surface area is 126 Å². The predicted octanol–water partition coefficient (Wildman–Crippen LogP) is -4.37. The first-order valence-corrected chi connectivity index (χ1v) is 6.94. The van der Waals surface area contributed by atoms with Gasteiger partial charge in [-0.15, -0.1) is 0 Å². The van der Waals surface area contributed by atoms with Crippen LogP contribution >= 0.6 is 0 Å². The molecule has 0 saturated carbocycles. The van der Waals surface area contributed by atoms with E-state index in [2.05, 4.69) is 0 Å². The first-order chi connectivity index (χ1) is 10.4. The molecule has 0 aromatic carbocycles. The topological polar surface area (TPSA) is 169 Å². The molecule has 2 saturated heterocycles. The Morgan fingerprint density at radius 1 is 1.00 bits per heavy atom. The van der Waals surface area contributed by atoms with Crippen LogP contribution in [0, 0.1) is 0 Å². The first-order valence-electron chi connectivity index (χ1n) is 6.94. The minimum atomic E-state index is -2.13. The molecule has 8 atom stereocenters. The summed E-state index contributed by atoms with van der Waals surface area (Å²) >= 11 is 0. The van der Waals surface area contributed by atoms with Crippen LogP contribution in [0.1, 0.15) is 6.42 Å². The van der Waals surface area contributed by atoms with Crippen molar-refractivity contribution in [3.05, 3.63) is 0 Å². The fraction of sp³-hybridized carbons (Fsp3) is 1.00. The lowest BCUT2D eigenvalue weighted by Crippen LogP contribution is -2.58. The number of hydrogen-bond donors (Lipinski definition) is 7. The van der Waals surface area contributed by atoms with Gasteiger partial charge in [0, 0.05) is 6.42 Å². The summed E-state index contributed by atoms with van der Waals surface area (Å²) in [7, 11) is 0. The largest absolute Gasteiger partial charge is 0.394 e. The molecule has 0 radical (unpaired) electrons. The number of ether oxygens (including phenoxy) is 3. The molecule has 0 aromatic heterocycles. The first kappa shape index (κ1) is 17.9. The summed E-state index contributed by atoms with van der Waals surface area (Å²) in [5, 5.41) is 67.0. The van der Waals surface area contributed by atoms with Gasteiger partial charge in [-0.05, 0) is 0 Å². The molecular weight excluding hydrogens is 304 g/mol.